The Morgan fingerprint density at radius 3 is 2.33 bits per heavy atom. The van der Waals surface area contributed by atoms with Crippen molar-refractivity contribution in [3.8, 4) is 0 Å². The number of ether oxygens (including phenoxy) is 2. The minimum absolute atomic E-state index is 0.0735. The molecule has 5 nitrogen and oxygen atoms in total. The van der Waals surface area contributed by atoms with Gasteiger partial charge in [-0.3, -0.25) is 4.79 Å². The number of hydrogen-bond donors (Lipinski definition) is 1. The minimum Gasteiger partial charge on any atom is -0.469 e. The van der Waals surface area contributed by atoms with Gasteiger partial charge in [-0.15, -0.1) is 6.58 Å². The molecule has 0 spiro atoms. The van der Waals surface area contributed by atoms with Crippen LogP contribution in [0.2, 0.25) is 0 Å². The van der Waals surface area contributed by atoms with Crippen LogP contribution in [0.4, 0.5) is 0 Å². The highest BCUT2D eigenvalue weighted by Gasteiger charge is 2.45. The van der Waals surface area contributed by atoms with Crippen LogP contribution < -0.4 is 0 Å². The van der Waals surface area contributed by atoms with E-state index in [1.165, 1.54) is 20.1 Å². The van der Waals surface area contributed by atoms with Crippen LogP contribution in [-0.2, 0) is 19.1 Å². The fraction of sp³-hybridized carbons (Fsp3) is 0.600. The Morgan fingerprint density at radius 1 is 1.47 bits per heavy atom. The molecule has 0 radical (unpaired) electrons. The van der Waals surface area contributed by atoms with E-state index in [9.17, 15) is 14.7 Å². The smallest absolute Gasteiger partial charge is 0.339 e. The van der Waals surface area contributed by atoms with Gasteiger partial charge >= 0.3 is 11.9 Å². The summed E-state index contributed by atoms with van der Waals surface area (Å²) in [6.07, 6.45) is 1.27. The molecule has 0 unspecified atom stereocenters. The fourth-order valence-corrected chi connectivity index (χ4v) is 1.21. The molecule has 0 saturated heterocycles. The third kappa shape index (κ3) is 2.79. The standard InChI is InChI=1S/C10H16O5/c1-5-6-10(13,9(12)15-4)7(2)8(11)14-3/h5,7,13H,1,6H2,2-4H3/t7-,10-/m0/s1. The summed E-state index contributed by atoms with van der Waals surface area (Å²) in [6.45, 7) is 4.81. The quantitative estimate of drug-likeness (QED) is 0.527. The van der Waals surface area contributed by atoms with Gasteiger partial charge in [0.1, 0.15) is 0 Å². The summed E-state index contributed by atoms with van der Waals surface area (Å²) >= 11 is 0. The van der Waals surface area contributed by atoms with Gasteiger partial charge in [0.2, 0.25) is 0 Å². The summed E-state index contributed by atoms with van der Waals surface area (Å²) in [5.41, 5.74) is -1.91. The second-order valence-corrected chi connectivity index (χ2v) is 3.15. The lowest BCUT2D eigenvalue weighted by Gasteiger charge is -2.28. The zero-order valence-electron chi connectivity index (χ0n) is 9.15. The molecule has 0 aromatic heterocycles. The summed E-state index contributed by atoms with van der Waals surface area (Å²) < 4.78 is 8.90. The van der Waals surface area contributed by atoms with Crippen LogP contribution in [0, 0.1) is 5.92 Å². The predicted octanol–water partition coefficient (Wildman–Crippen LogP) is 0.276. The number of carbonyl (C=O) groups excluding carboxylic acids is 2. The molecule has 15 heavy (non-hydrogen) atoms. The van der Waals surface area contributed by atoms with Crippen LogP contribution in [0.5, 0.6) is 0 Å². The maximum atomic E-state index is 11.4. The van der Waals surface area contributed by atoms with E-state index in [0.717, 1.165) is 7.11 Å². The SMILES string of the molecule is C=CC[C@@](O)(C(=O)OC)[C@@H](C)C(=O)OC. The molecule has 0 aromatic carbocycles. The molecule has 0 bridgehead atoms. The Labute approximate surface area is 88.7 Å². The molecule has 0 amide bonds. The van der Waals surface area contributed by atoms with Gasteiger partial charge in [0.25, 0.3) is 0 Å². The largest absolute Gasteiger partial charge is 0.469 e. The van der Waals surface area contributed by atoms with Crippen LogP contribution >= 0.6 is 0 Å². The number of methoxy groups -OCH3 is 2. The average molecular weight is 216 g/mol. The molecule has 2 atom stereocenters. The van der Waals surface area contributed by atoms with Crippen molar-refractivity contribution in [1.82, 2.24) is 0 Å². The Bertz CT molecular complexity index is 261. The number of rotatable bonds is 5. The van der Waals surface area contributed by atoms with Crippen molar-refractivity contribution < 1.29 is 24.2 Å². The van der Waals surface area contributed by atoms with E-state index in [0.29, 0.717) is 0 Å². The molecule has 0 heterocycles. The second-order valence-electron chi connectivity index (χ2n) is 3.15. The molecular weight excluding hydrogens is 200 g/mol. The Balaban J connectivity index is 5.00. The monoisotopic (exact) mass is 216 g/mol. The summed E-state index contributed by atoms with van der Waals surface area (Å²) in [5, 5.41) is 10.0. The molecule has 0 fully saturated rings. The van der Waals surface area contributed by atoms with Crippen molar-refractivity contribution in [2.75, 3.05) is 14.2 Å². The van der Waals surface area contributed by atoms with E-state index in [4.69, 9.17) is 0 Å². The van der Waals surface area contributed by atoms with Crippen LogP contribution in [0.1, 0.15) is 13.3 Å². The summed E-state index contributed by atoms with van der Waals surface area (Å²) in [7, 11) is 2.32. The summed E-state index contributed by atoms with van der Waals surface area (Å²) in [4.78, 5) is 22.6. The van der Waals surface area contributed by atoms with Crippen molar-refractivity contribution in [2.45, 2.75) is 18.9 Å². The van der Waals surface area contributed by atoms with Crippen LogP contribution in [0.3, 0.4) is 0 Å². The average Bonchev–Trinajstić information content (AvgIpc) is 2.25. The van der Waals surface area contributed by atoms with Gasteiger partial charge in [0.15, 0.2) is 5.60 Å². The highest BCUT2D eigenvalue weighted by Crippen LogP contribution is 2.24. The summed E-state index contributed by atoms with van der Waals surface area (Å²) in [5.74, 6) is -2.56. The van der Waals surface area contributed by atoms with E-state index in [1.807, 2.05) is 0 Å². The van der Waals surface area contributed by atoms with Crippen molar-refractivity contribution in [1.29, 1.82) is 0 Å². The van der Waals surface area contributed by atoms with Crippen molar-refractivity contribution in [3.05, 3.63) is 12.7 Å². The van der Waals surface area contributed by atoms with Gasteiger partial charge in [-0.2, -0.15) is 0 Å². The maximum Gasteiger partial charge on any atom is 0.339 e. The van der Waals surface area contributed by atoms with Gasteiger partial charge in [-0.1, -0.05) is 6.08 Å². The maximum absolute atomic E-state index is 11.4. The first-order valence-electron chi connectivity index (χ1n) is 4.43. The first kappa shape index (κ1) is 13.6. The third-order valence-corrected chi connectivity index (χ3v) is 2.27. The van der Waals surface area contributed by atoms with Crippen LogP contribution in [0.15, 0.2) is 12.7 Å². The lowest BCUT2D eigenvalue weighted by Crippen LogP contribution is -2.48. The third-order valence-electron chi connectivity index (χ3n) is 2.27. The Hall–Kier alpha value is -1.36. The molecule has 1 N–H and O–H groups in total. The molecular formula is C10H16O5. The highest BCUT2D eigenvalue weighted by atomic mass is 16.5. The topological polar surface area (TPSA) is 72.8 Å². The molecule has 86 valence electrons. The Kier molecular flexibility index (Phi) is 5.00. The molecule has 0 saturated carbocycles. The van der Waals surface area contributed by atoms with Crippen molar-refractivity contribution >= 4 is 11.9 Å². The van der Waals surface area contributed by atoms with Gasteiger partial charge in [0.05, 0.1) is 20.1 Å². The summed E-state index contributed by atoms with van der Waals surface area (Å²) in [6, 6.07) is 0. The molecule has 0 aromatic rings. The zero-order chi connectivity index (χ0) is 12.1. The predicted molar refractivity (Wildman–Crippen MR) is 53.0 cm³/mol. The van der Waals surface area contributed by atoms with Crippen molar-refractivity contribution in [2.24, 2.45) is 5.92 Å². The zero-order valence-corrected chi connectivity index (χ0v) is 9.15. The lowest BCUT2D eigenvalue weighted by atomic mass is 9.86. The molecule has 0 aliphatic heterocycles. The van der Waals surface area contributed by atoms with E-state index in [-0.39, 0.29) is 6.42 Å². The molecule has 0 aliphatic carbocycles. The van der Waals surface area contributed by atoms with E-state index < -0.39 is 23.5 Å². The first-order valence-corrected chi connectivity index (χ1v) is 4.43. The van der Waals surface area contributed by atoms with Gasteiger partial charge in [0, 0.05) is 6.42 Å². The minimum atomic E-state index is -1.91. The van der Waals surface area contributed by atoms with Gasteiger partial charge in [-0.25, -0.2) is 4.79 Å². The van der Waals surface area contributed by atoms with Crippen LogP contribution in [-0.4, -0.2) is 36.9 Å². The molecule has 5 heteroatoms. The van der Waals surface area contributed by atoms with E-state index >= 15 is 0 Å². The molecule has 0 aliphatic rings. The van der Waals surface area contributed by atoms with Gasteiger partial charge in [-0.05, 0) is 6.92 Å². The highest BCUT2D eigenvalue weighted by molar-refractivity contribution is 5.87. The lowest BCUT2D eigenvalue weighted by molar-refractivity contribution is -0.176. The fourth-order valence-electron chi connectivity index (χ4n) is 1.21. The molecule has 0 rings (SSSR count). The number of esters is 2. The van der Waals surface area contributed by atoms with Gasteiger partial charge < -0.3 is 14.6 Å². The number of aliphatic hydroxyl groups is 1. The normalized spacial score (nSPS) is 16.0. The number of carbonyl (C=O) groups is 2. The Morgan fingerprint density at radius 2 is 2.00 bits per heavy atom. The van der Waals surface area contributed by atoms with Crippen molar-refractivity contribution in [3.63, 3.8) is 0 Å². The van der Waals surface area contributed by atoms with Crippen LogP contribution in [0.25, 0.3) is 0 Å². The first-order chi connectivity index (χ1) is 6.93. The number of hydrogen-bond acceptors (Lipinski definition) is 5. The second kappa shape index (κ2) is 5.50. The van der Waals surface area contributed by atoms with E-state index in [1.54, 1.807) is 0 Å². The van der Waals surface area contributed by atoms with E-state index in [2.05, 4.69) is 16.1 Å².